The second-order valence-corrected chi connectivity index (χ2v) is 5.21. The van der Waals surface area contributed by atoms with E-state index in [1.54, 1.807) is 6.07 Å². The molecule has 6 heteroatoms. The van der Waals surface area contributed by atoms with Gasteiger partial charge in [0, 0.05) is 12.1 Å². The molecular formula is C12H16ClN3O2. The summed E-state index contributed by atoms with van der Waals surface area (Å²) in [7, 11) is 0. The van der Waals surface area contributed by atoms with Gasteiger partial charge >= 0.3 is 0 Å². The highest BCUT2D eigenvalue weighted by atomic mass is 35.5. The Labute approximate surface area is 111 Å². The molecule has 0 saturated heterocycles. The van der Waals surface area contributed by atoms with Gasteiger partial charge in [0.1, 0.15) is 5.84 Å². The Morgan fingerprint density at radius 3 is 2.56 bits per heavy atom. The summed E-state index contributed by atoms with van der Waals surface area (Å²) in [4.78, 5) is 14.5. The number of rotatable bonds is 3. The summed E-state index contributed by atoms with van der Waals surface area (Å²) < 4.78 is 0. The zero-order valence-electron chi connectivity index (χ0n) is 10.6. The highest BCUT2D eigenvalue weighted by Crippen LogP contribution is 2.34. The van der Waals surface area contributed by atoms with Gasteiger partial charge in [-0.15, -0.1) is 11.6 Å². The minimum absolute atomic E-state index is 0.0101. The van der Waals surface area contributed by atoms with Gasteiger partial charge in [0.05, 0.1) is 16.5 Å². The number of aliphatic imine (C=N–C) groups is 1. The molecule has 2 N–H and O–H groups in total. The lowest BCUT2D eigenvalue weighted by molar-refractivity contribution is -0.384. The standard InChI is InChI=1S/C12H16ClN3O2/c1-12(2,3)9-5-4-8(16(17)18)6-10(9)15-11(14)7-13/h4-6H,7H2,1-3H3,(H2,14,15). The van der Waals surface area contributed by atoms with E-state index in [-0.39, 0.29) is 22.8 Å². The lowest BCUT2D eigenvalue weighted by Gasteiger charge is -2.21. The molecule has 0 aromatic heterocycles. The van der Waals surface area contributed by atoms with E-state index < -0.39 is 4.92 Å². The predicted octanol–water partition coefficient (Wildman–Crippen LogP) is 3.12. The van der Waals surface area contributed by atoms with E-state index in [9.17, 15) is 10.1 Å². The number of nitro groups is 1. The van der Waals surface area contributed by atoms with Gasteiger partial charge in [0.15, 0.2) is 0 Å². The highest BCUT2D eigenvalue weighted by molar-refractivity contribution is 6.28. The van der Waals surface area contributed by atoms with Crippen LogP contribution in [0, 0.1) is 10.1 Å². The smallest absolute Gasteiger partial charge is 0.271 e. The van der Waals surface area contributed by atoms with E-state index in [0.29, 0.717) is 5.69 Å². The first kappa shape index (κ1) is 14.4. The molecule has 0 aliphatic heterocycles. The third kappa shape index (κ3) is 3.43. The Hall–Kier alpha value is -1.62. The molecule has 1 aromatic rings. The van der Waals surface area contributed by atoms with Crippen molar-refractivity contribution in [2.45, 2.75) is 26.2 Å². The second-order valence-electron chi connectivity index (χ2n) is 4.95. The topological polar surface area (TPSA) is 81.5 Å². The van der Waals surface area contributed by atoms with E-state index in [1.165, 1.54) is 12.1 Å². The monoisotopic (exact) mass is 269 g/mol. The molecule has 0 unspecified atom stereocenters. The summed E-state index contributed by atoms with van der Waals surface area (Å²) in [6, 6.07) is 4.59. The third-order valence-electron chi connectivity index (χ3n) is 2.40. The quantitative estimate of drug-likeness (QED) is 0.301. The molecule has 0 amide bonds. The molecule has 0 radical (unpaired) electrons. The van der Waals surface area contributed by atoms with Gasteiger partial charge in [-0.2, -0.15) is 0 Å². The molecule has 5 nitrogen and oxygen atoms in total. The molecule has 0 heterocycles. The Balaban J connectivity index is 3.41. The molecular weight excluding hydrogens is 254 g/mol. The summed E-state index contributed by atoms with van der Waals surface area (Å²) in [6.07, 6.45) is 0. The normalized spacial score (nSPS) is 12.6. The minimum Gasteiger partial charge on any atom is -0.386 e. The number of nitro benzene ring substituents is 1. The zero-order valence-corrected chi connectivity index (χ0v) is 11.4. The average Bonchev–Trinajstić information content (AvgIpc) is 2.27. The van der Waals surface area contributed by atoms with Crippen LogP contribution in [0.1, 0.15) is 26.3 Å². The van der Waals surface area contributed by atoms with Crippen molar-refractivity contribution in [1.29, 1.82) is 0 Å². The minimum atomic E-state index is -0.456. The molecule has 0 spiro atoms. The Morgan fingerprint density at radius 2 is 2.11 bits per heavy atom. The van der Waals surface area contributed by atoms with Crippen LogP contribution in [-0.4, -0.2) is 16.6 Å². The first-order valence-electron chi connectivity index (χ1n) is 5.43. The number of hydrogen-bond donors (Lipinski definition) is 1. The van der Waals surface area contributed by atoms with E-state index in [2.05, 4.69) is 4.99 Å². The molecule has 0 saturated carbocycles. The number of nitrogens with two attached hydrogens (primary N) is 1. The van der Waals surface area contributed by atoms with Crippen LogP contribution in [-0.2, 0) is 5.41 Å². The number of alkyl halides is 1. The van der Waals surface area contributed by atoms with Crippen LogP contribution in [0.2, 0.25) is 0 Å². The third-order valence-corrected chi connectivity index (χ3v) is 2.67. The van der Waals surface area contributed by atoms with Crippen molar-refractivity contribution in [1.82, 2.24) is 0 Å². The summed E-state index contributed by atoms with van der Waals surface area (Å²) >= 11 is 5.58. The number of non-ortho nitro benzene ring substituents is 1. The van der Waals surface area contributed by atoms with Crippen molar-refractivity contribution in [3.05, 3.63) is 33.9 Å². The molecule has 18 heavy (non-hydrogen) atoms. The Kier molecular flexibility index (Phi) is 4.29. The van der Waals surface area contributed by atoms with Crippen LogP contribution < -0.4 is 5.73 Å². The molecule has 1 aromatic carbocycles. The lowest BCUT2D eigenvalue weighted by atomic mass is 9.85. The maximum atomic E-state index is 10.8. The Morgan fingerprint density at radius 1 is 1.50 bits per heavy atom. The van der Waals surface area contributed by atoms with Gasteiger partial charge in [-0.05, 0) is 17.0 Å². The van der Waals surface area contributed by atoms with Crippen molar-refractivity contribution in [3.63, 3.8) is 0 Å². The van der Waals surface area contributed by atoms with Crippen molar-refractivity contribution < 1.29 is 4.92 Å². The van der Waals surface area contributed by atoms with E-state index in [1.807, 2.05) is 20.8 Å². The van der Waals surface area contributed by atoms with Crippen molar-refractivity contribution >= 4 is 28.8 Å². The number of amidine groups is 1. The number of benzene rings is 1. The first-order chi connectivity index (χ1) is 8.25. The van der Waals surface area contributed by atoms with Crippen LogP contribution in [0.4, 0.5) is 11.4 Å². The first-order valence-corrected chi connectivity index (χ1v) is 5.97. The van der Waals surface area contributed by atoms with Gasteiger partial charge in [-0.3, -0.25) is 10.1 Å². The predicted molar refractivity (Wildman–Crippen MR) is 73.8 cm³/mol. The fourth-order valence-corrected chi connectivity index (χ4v) is 1.60. The van der Waals surface area contributed by atoms with Crippen LogP contribution in [0.5, 0.6) is 0 Å². The maximum absolute atomic E-state index is 10.8. The van der Waals surface area contributed by atoms with E-state index in [0.717, 1.165) is 5.56 Å². The van der Waals surface area contributed by atoms with Crippen LogP contribution in [0.25, 0.3) is 0 Å². The molecule has 0 aliphatic rings. The van der Waals surface area contributed by atoms with Gasteiger partial charge in [-0.25, -0.2) is 4.99 Å². The van der Waals surface area contributed by atoms with Crippen molar-refractivity contribution in [3.8, 4) is 0 Å². The largest absolute Gasteiger partial charge is 0.386 e. The summed E-state index contributed by atoms with van der Waals surface area (Å²) in [6.45, 7) is 6.01. The SMILES string of the molecule is CC(C)(C)c1ccc([N+](=O)[O-])cc1N=C(N)CCl. The average molecular weight is 270 g/mol. The van der Waals surface area contributed by atoms with Crippen molar-refractivity contribution in [2.75, 3.05) is 5.88 Å². The fraction of sp³-hybridized carbons (Fsp3) is 0.417. The highest BCUT2D eigenvalue weighted by Gasteiger charge is 2.20. The summed E-state index contributed by atoms with van der Waals surface area (Å²) in [5, 5.41) is 10.8. The second kappa shape index (κ2) is 5.35. The van der Waals surface area contributed by atoms with Gasteiger partial charge in [-0.1, -0.05) is 20.8 Å². The Bertz CT molecular complexity index is 493. The molecule has 1 rings (SSSR count). The molecule has 0 fully saturated rings. The number of nitrogens with zero attached hydrogens (tertiary/aromatic N) is 2. The van der Waals surface area contributed by atoms with Crippen LogP contribution >= 0.6 is 11.6 Å². The van der Waals surface area contributed by atoms with E-state index >= 15 is 0 Å². The van der Waals surface area contributed by atoms with Gasteiger partial charge in [0.25, 0.3) is 5.69 Å². The fourth-order valence-electron chi connectivity index (χ4n) is 1.54. The molecule has 0 bridgehead atoms. The zero-order chi connectivity index (χ0) is 13.9. The van der Waals surface area contributed by atoms with Crippen LogP contribution in [0.15, 0.2) is 23.2 Å². The summed E-state index contributed by atoms with van der Waals surface area (Å²) in [5.74, 6) is 0.328. The summed E-state index contributed by atoms with van der Waals surface area (Å²) in [5.41, 5.74) is 6.79. The van der Waals surface area contributed by atoms with Crippen molar-refractivity contribution in [2.24, 2.45) is 10.7 Å². The molecule has 0 atom stereocenters. The van der Waals surface area contributed by atoms with Gasteiger partial charge < -0.3 is 5.73 Å². The number of halogens is 1. The van der Waals surface area contributed by atoms with E-state index in [4.69, 9.17) is 17.3 Å². The maximum Gasteiger partial charge on any atom is 0.271 e. The van der Waals surface area contributed by atoms with Gasteiger partial charge in [0.2, 0.25) is 0 Å². The van der Waals surface area contributed by atoms with Crippen LogP contribution in [0.3, 0.4) is 0 Å². The lowest BCUT2D eigenvalue weighted by Crippen LogP contribution is -2.15. The molecule has 0 aliphatic carbocycles. The molecule has 98 valence electrons. The number of hydrogen-bond acceptors (Lipinski definition) is 3.